The second-order valence-corrected chi connectivity index (χ2v) is 5.72. The van der Waals surface area contributed by atoms with Gasteiger partial charge in [0, 0.05) is 30.1 Å². The highest BCUT2D eigenvalue weighted by Gasteiger charge is 2.09. The first-order chi connectivity index (χ1) is 11.1. The summed E-state index contributed by atoms with van der Waals surface area (Å²) in [6, 6.07) is 15.1. The van der Waals surface area contributed by atoms with E-state index in [1.165, 1.54) is 0 Å². The Morgan fingerprint density at radius 1 is 1.22 bits per heavy atom. The van der Waals surface area contributed by atoms with E-state index in [4.69, 9.17) is 11.6 Å². The molecule has 3 rings (SSSR count). The summed E-state index contributed by atoms with van der Waals surface area (Å²) in [5.74, 6) is -0.0682. The fourth-order valence-corrected chi connectivity index (χ4v) is 2.66. The maximum absolute atomic E-state index is 12.1. The summed E-state index contributed by atoms with van der Waals surface area (Å²) in [5, 5.41) is 7.59. The molecule has 0 saturated carbocycles. The Kier molecular flexibility index (Phi) is 4.44. The van der Waals surface area contributed by atoms with Crippen molar-refractivity contribution in [2.75, 3.05) is 5.32 Å². The van der Waals surface area contributed by atoms with E-state index in [9.17, 15) is 4.79 Å². The number of aromatic nitrogens is 2. The molecule has 0 aliphatic rings. The minimum Gasteiger partial charge on any atom is -0.326 e. The molecule has 4 nitrogen and oxygen atoms in total. The maximum Gasteiger partial charge on any atom is 0.228 e. The molecular formula is C18H16ClN3O. The summed E-state index contributed by atoms with van der Waals surface area (Å²) in [6.45, 7) is 0. The van der Waals surface area contributed by atoms with Crippen LogP contribution >= 0.6 is 11.6 Å². The molecule has 0 saturated heterocycles. The average molecular weight is 326 g/mol. The third-order valence-electron chi connectivity index (χ3n) is 3.48. The standard InChI is InChI=1S/C18H16ClN3O/c1-22-12-14(11-20-22)16-8-7-15(10-17(16)19)21-18(23)9-13-5-3-2-4-6-13/h2-8,10-12H,9H2,1H3,(H,21,23). The van der Waals surface area contributed by atoms with Gasteiger partial charge in [-0.05, 0) is 17.7 Å². The van der Waals surface area contributed by atoms with Crippen molar-refractivity contribution in [2.24, 2.45) is 7.05 Å². The van der Waals surface area contributed by atoms with E-state index in [0.717, 1.165) is 16.7 Å². The fourth-order valence-electron chi connectivity index (χ4n) is 2.37. The number of hydrogen-bond acceptors (Lipinski definition) is 2. The molecule has 0 atom stereocenters. The molecule has 1 aromatic heterocycles. The molecule has 0 aliphatic heterocycles. The van der Waals surface area contributed by atoms with Crippen molar-refractivity contribution in [3.63, 3.8) is 0 Å². The number of nitrogens with one attached hydrogen (secondary N) is 1. The van der Waals surface area contributed by atoms with Gasteiger partial charge in [0.05, 0.1) is 17.6 Å². The van der Waals surface area contributed by atoms with Crippen LogP contribution in [0.15, 0.2) is 60.9 Å². The molecule has 1 N–H and O–H groups in total. The third kappa shape index (κ3) is 3.79. The lowest BCUT2D eigenvalue weighted by molar-refractivity contribution is -0.115. The smallest absolute Gasteiger partial charge is 0.228 e. The van der Waals surface area contributed by atoms with E-state index in [1.807, 2.05) is 55.7 Å². The van der Waals surface area contributed by atoms with Gasteiger partial charge in [0.15, 0.2) is 0 Å². The van der Waals surface area contributed by atoms with Gasteiger partial charge >= 0.3 is 0 Å². The van der Waals surface area contributed by atoms with Gasteiger partial charge in [-0.3, -0.25) is 9.48 Å². The van der Waals surface area contributed by atoms with Crippen molar-refractivity contribution in [1.29, 1.82) is 0 Å². The SMILES string of the molecule is Cn1cc(-c2ccc(NC(=O)Cc3ccccc3)cc2Cl)cn1. The molecule has 116 valence electrons. The molecule has 0 unspecified atom stereocenters. The molecule has 0 radical (unpaired) electrons. The summed E-state index contributed by atoms with van der Waals surface area (Å²) in [6.07, 6.45) is 3.99. The minimum atomic E-state index is -0.0682. The first-order valence-electron chi connectivity index (χ1n) is 7.24. The zero-order valence-electron chi connectivity index (χ0n) is 12.7. The fraction of sp³-hybridized carbons (Fsp3) is 0.111. The second-order valence-electron chi connectivity index (χ2n) is 5.31. The molecule has 23 heavy (non-hydrogen) atoms. The summed E-state index contributed by atoms with van der Waals surface area (Å²) in [4.78, 5) is 12.1. The number of benzene rings is 2. The number of nitrogens with zero attached hydrogens (tertiary/aromatic N) is 2. The summed E-state index contributed by atoms with van der Waals surface area (Å²) < 4.78 is 1.72. The van der Waals surface area contributed by atoms with Crippen molar-refractivity contribution in [3.05, 3.63) is 71.5 Å². The van der Waals surface area contributed by atoms with Gasteiger partial charge in [0.1, 0.15) is 0 Å². The topological polar surface area (TPSA) is 46.9 Å². The van der Waals surface area contributed by atoms with Gasteiger partial charge in [-0.15, -0.1) is 0 Å². The number of carbonyl (C=O) groups is 1. The van der Waals surface area contributed by atoms with Crippen LogP contribution in [0.2, 0.25) is 5.02 Å². The van der Waals surface area contributed by atoms with E-state index in [-0.39, 0.29) is 5.91 Å². The van der Waals surface area contributed by atoms with Crippen LogP contribution in [-0.2, 0) is 18.3 Å². The molecule has 0 fully saturated rings. The van der Waals surface area contributed by atoms with Crippen LogP contribution in [0, 0.1) is 0 Å². The number of hydrogen-bond donors (Lipinski definition) is 1. The van der Waals surface area contributed by atoms with E-state index >= 15 is 0 Å². The van der Waals surface area contributed by atoms with Crippen LogP contribution in [0.5, 0.6) is 0 Å². The Hall–Kier alpha value is -2.59. The van der Waals surface area contributed by atoms with E-state index in [1.54, 1.807) is 16.9 Å². The first kappa shape index (κ1) is 15.3. The lowest BCUT2D eigenvalue weighted by Gasteiger charge is -2.08. The third-order valence-corrected chi connectivity index (χ3v) is 3.79. The Balaban J connectivity index is 1.72. The van der Waals surface area contributed by atoms with Gasteiger partial charge in [-0.1, -0.05) is 48.0 Å². The van der Waals surface area contributed by atoms with Crippen LogP contribution in [0.1, 0.15) is 5.56 Å². The summed E-state index contributed by atoms with van der Waals surface area (Å²) in [7, 11) is 1.86. The Bertz CT molecular complexity index is 827. The number of rotatable bonds is 4. The monoisotopic (exact) mass is 325 g/mol. The van der Waals surface area contributed by atoms with Crippen molar-refractivity contribution in [1.82, 2.24) is 9.78 Å². The number of carbonyl (C=O) groups excluding carboxylic acids is 1. The first-order valence-corrected chi connectivity index (χ1v) is 7.62. The molecule has 5 heteroatoms. The number of anilines is 1. The van der Waals surface area contributed by atoms with E-state index in [2.05, 4.69) is 10.4 Å². The second kappa shape index (κ2) is 6.67. The molecule has 2 aromatic carbocycles. The Morgan fingerprint density at radius 3 is 2.65 bits per heavy atom. The quantitative estimate of drug-likeness (QED) is 0.790. The van der Waals surface area contributed by atoms with Crippen molar-refractivity contribution in [3.8, 4) is 11.1 Å². The highest BCUT2D eigenvalue weighted by Crippen LogP contribution is 2.30. The van der Waals surface area contributed by atoms with Gasteiger partial charge in [-0.2, -0.15) is 5.10 Å². The van der Waals surface area contributed by atoms with E-state index < -0.39 is 0 Å². The molecule has 3 aromatic rings. The normalized spacial score (nSPS) is 10.5. The predicted octanol–water partition coefficient (Wildman–Crippen LogP) is 3.92. The Labute approximate surface area is 139 Å². The van der Waals surface area contributed by atoms with Crippen molar-refractivity contribution in [2.45, 2.75) is 6.42 Å². The number of aryl methyl sites for hydroxylation is 1. The minimum absolute atomic E-state index is 0.0682. The molecule has 1 heterocycles. The van der Waals surface area contributed by atoms with Crippen LogP contribution in [-0.4, -0.2) is 15.7 Å². The largest absolute Gasteiger partial charge is 0.326 e. The average Bonchev–Trinajstić information content (AvgIpc) is 2.94. The molecule has 0 bridgehead atoms. The predicted molar refractivity (Wildman–Crippen MR) is 92.4 cm³/mol. The van der Waals surface area contributed by atoms with Crippen LogP contribution in [0.4, 0.5) is 5.69 Å². The Morgan fingerprint density at radius 2 is 2.00 bits per heavy atom. The van der Waals surface area contributed by atoms with Crippen molar-refractivity contribution < 1.29 is 4.79 Å². The van der Waals surface area contributed by atoms with Gasteiger partial charge < -0.3 is 5.32 Å². The summed E-state index contributed by atoms with van der Waals surface area (Å²) in [5.41, 5.74) is 3.49. The molecule has 0 aliphatic carbocycles. The van der Waals surface area contributed by atoms with Crippen LogP contribution in [0.25, 0.3) is 11.1 Å². The lowest BCUT2D eigenvalue weighted by atomic mass is 10.1. The summed E-state index contributed by atoms with van der Waals surface area (Å²) >= 11 is 6.33. The lowest BCUT2D eigenvalue weighted by Crippen LogP contribution is -2.14. The number of amides is 1. The zero-order valence-corrected chi connectivity index (χ0v) is 13.4. The zero-order chi connectivity index (χ0) is 16.2. The highest BCUT2D eigenvalue weighted by atomic mass is 35.5. The van der Waals surface area contributed by atoms with E-state index in [0.29, 0.717) is 17.1 Å². The molecule has 1 amide bonds. The molecular weight excluding hydrogens is 310 g/mol. The van der Waals surface area contributed by atoms with Gasteiger partial charge in [0.2, 0.25) is 5.91 Å². The van der Waals surface area contributed by atoms with Crippen LogP contribution in [0.3, 0.4) is 0 Å². The van der Waals surface area contributed by atoms with Gasteiger partial charge in [0.25, 0.3) is 0 Å². The highest BCUT2D eigenvalue weighted by molar-refractivity contribution is 6.33. The molecule has 0 spiro atoms. The maximum atomic E-state index is 12.1. The van der Waals surface area contributed by atoms with Gasteiger partial charge in [-0.25, -0.2) is 0 Å². The number of halogens is 1. The van der Waals surface area contributed by atoms with Crippen molar-refractivity contribution >= 4 is 23.2 Å². The van der Waals surface area contributed by atoms with Crippen LogP contribution < -0.4 is 5.32 Å².